The summed E-state index contributed by atoms with van der Waals surface area (Å²) >= 11 is 0.929. The Kier molecular flexibility index (Phi) is 3.89. The summed E-state index contributed by atoms with van der Waals surface area (Å²) in [6, 6.07) is 8.22. The molecule has 0 saturated carbocycles. The second kappa shape index (κ2) is 6.23. The van der Waals surface area contributed by atoms with E-state index in [0.717, 1.165) is 11.8 Å². The Morgan fingerprint density at radius 1 is 1.27 bits per heavy atom. The molecule has 0 amide bonds. The summed E-state index contributed by atoms with van der Waals surface area (Å²) in [5.41, 5.74) is 2.55. The second-order valence-electron chi connectivity index (χ2n) is 5.65. The van der Waals surface area contributed by atoms with E-state index in [-0.39, 0.29) is 22.9 Å². The molecule has 1 N–H and O–H groups in total. The summed E-state index contributed by atoms with van der Waals surface area (Å²) < 4.78 is 1.56. The van der Waals surface area contributed by atoms with Gasteiger partial charge in [-0.3, -0.25) is 9.59 Å². The number of carbonyl (C=O) groups is 3. The maximum atomic E-state index is 11.8. The normalized spacial score (nSPS) is 15.9. The maximum absolute atomic E-state index is 11.8. The van der Waals surface area contributed by atoms with Crippen LogP contribution in [0.15, 0.2) is 47.6 Å². The van der Waals surface area contributed by atoms with E-state index in [1.807, 2.05) is 0 Å². The van der Waals surface area contributed by atoms with Crippen molar-refractivity contribution in [3.63, 3.8) is 0 Å². The number of ketones is 1. The van der Waals surface area contributed by atoms with Gasteiger partial charge in [-0.25, -0.2) is 14.3 Å². The minimum absolute atomic E-state index is 0.0869. The van der Waals surface area contributed by atoms with E-state index in [1.54, 1.807) is 47.3 Å². The third-order valence-electron chi connectivity index (χ3n) is 3.89. The molecule has 7 nitrogen and oxygen atoms in total. The molecule has 0 radical (unpaired) electrons. The number of hydrogen-bond acceptors (Lipinski definition) is 6. The molecule has 1 fully saturated rings. The van der Waals surface area contributed by atoms with E-state index in [0.29, 0.717) is 27.4 Å². The lowest BCUT2D eigenvalue weighted by Crippen LogP contribution is -1.97. The zero-order chi connectivity index (χ0) is 18.3. The molecule has 2 aromatic heterocycles. The topological polar surface area (TPSA) is 102 Å². The summed E-state index contributed by atoms with van der Waals surface area (Å²) in [7, 11) is 0. The average Bonchev–Trinajstić information content (AvgIpc) is 3.17. The molecular weight excluding hydrogens is 354 g/mol. The van der Waals surface area contributed by atoms with Gasteiger partial charge in [0.05, 0.1) is 28.8 Å². The van der Waals surface area contributed by atoms with Crippen molar-refractivity contribution in [2.75, 3.05) is 0 Å². The Labute approximate surface area is 151 Å². The molecule has 3 heterocycles. The largest absolute Gasteiger partial charge is 0.478 e. The molecular formula is C18H11N3O4S. The van der Waals surface area contributed by atoms with E-state index in [9.17, 15) is 14.4 Å². The zero-order valence-electron chi connectivity index (χ0n) is 13.2. The van der Waals surface area contributed by atoms with Crippen LogP contribution in [0.2, 0.25) is 0 Å². The minimum Gasteiger partial charge on any atom is -0.478 e. The zero-order valence-corrected chi connectivity index (χ0v) is 14.1. The molecule has 0 bridgehead atoms. The van der Waals surface area contributed by atoms with Gasteiger partial charge in [-0.15, -0.1) is 0 Å². The predicted molar refractivity (Wildman–Crippen MR) is 95.6 cm³/mol. The number of thioether (sulfide) groups is 1. The van der Waals surface area contributed by atoms with Crippen molar-refractivity contribution < 1.29 is 19.5 Å². The number of hydrogen-bond donors (Lipinski definition) is 1. The van der Waals surface area contributed by atoms with Gasteiger partial charge < -0.3 is 5.11 Å². The molecule has 1 saturated heterocycles. The maximum Gasteiger partial charge on any atom is 0.335 e. The van der Waals surface area contributed by atoms with Crippen LogP contribution in [0.4, 0.5) is 0 Å². The first-order valence-electron chi connectivity index (χ1n) is 7.65. The summed E-state index contributed by atoms with van der Waals surface area (Å²) in [6.07, 6.45) is 4.81. The van der Waals surface area contributed by atoms with Crippen molar-refractivity contribution in [3.8, 4) is 11.3 Å². The van der Waals surface area contributed by atoms with E-state index in [4.69, 9.17) is 5.11 Å². The first kappa shape index (κ1) is 16.2. The van der Waals surface area contributed by atoms with Gasteiger partial charge in [-0.1, -0.05) is 12.1 Å². The van der Waals surface area contributed by atoms with Crippen LogP contribution < -0.4 is 0 Å². The Balaban J connectivity index is 1.79. The lowest BCUT2D eigenvalue weighted by atomic mass is 10.1. The number of carboxylic acids is 1. The number of fused-ring (bicyclic) bond motifs is 1. The Morgan fingerprint density at radius 3 is 2.85 bits per heavy atom. The molecule has 0 spiro atoms. The van der Waals surface area contributed by atoms with Gasteiger partial charge >= 0.3 is 5.97 Å². The molecule has 26 heavy (non-hydrogen) atoms. The fourth-order valence-corrected chi connectivity index (χ4v) is 3.47. The number of carboxylic acid groups (broad SMARTS) is 1. The molecule has 0 aliphatic carbocycles. The molecule has 0 atom stereocenters. The summed E-state index contributed by atoms with van der Waals surface area (Å²) in [5.74, 6) is -1.21. The van der Waals surface area contributed by atoms with E-state index < -0.39 is 5.97 Å². The average molecular weight is 365 g/mol. The first-order valence-corrected chi connectivity index (χ1v) is 8.46. The number of aromatic carboxylic acids is 1. The third-order valence-corrected chi connectivity index (χ3v) is 4.83. The number of benzene rings is 1. The molecule has 1 aliphatic heterocycles. The monoisotopic (exact) mass is 365 g/mol. The van der Waals surface area contributed by atoms with Crippen molar-refractivity contribution >= 4 is 40.4 Å². The lowest BCUT2D eigenvalue weighted by molar-refractivity contribution is -0.119. The van der Waals surface area contributed by atoms with Crippen molar-refractivity contribution in [2.45, 2.75) is 6.42 Å². The van der Waals surface area contributed by atoms with Gasteiger partial charge in [-0.2, -0.15) is 5.10 Å². The van der Waals surface area contributed by atoms with Crippen LogP contribution in [0.3, 0.4) is 0 Å². The Morgan fingerprint density at radius 2 is 2.12 bits per heavy atom. The molecule has 4 rings (SSSR count). The van der Waals surface area contributed by atoms with Gasteiger partial charge in [-0.05, 0) is 36.0 Å². The number of carbonyl (C=O) groups excluding carboxylic acids is 2. The van der Waals surface area contributed by atoms with Crippen LogP contribution in [0.1, 0.15) is 22.3 Å². The first-order chi connectivity index (χ1) is 12.5. The van der Waals surface area contributed by atoms with Crippen molar-refractivity contribution in [1.82, 2.24) is 14.6 Å². The molecule has 1 aromatic carbocycles. The lowest BCUT2D eigenvalue weighted by Gasteiger charge is -2.03. The number of allylic oxidation sites excluding steroid dienone is 1. The van der Waals surface area contributed by atoms with Crippen LogP contribution in [0.5, 0.6) is 0 Å². The van der Waals surface area contributed by atoms with Gasteiger partial charge in [0.1, 0.15) is 0 Å². The SMILES string of the molecule is O=C1CC(=O)/C(=C\c2cnn3ccc(-c4cccc(C(=O)O)c4)nc23)S1. The van der Waals surface area contributed by atoms with Gasteiger partial charge in [0.25, 0.3) is 0 Å². The van der Waals surface area contributed by atoms with Crippen LogP contribution in [-0.4, -0.2) is 36.6 Å². The van der Waals surface area contributed by atoms with Gasteiger partial charge in [0.15, 0.2) is 11.4 Å². The number of rotatable bonds is 3. The standard InChI is InChI=1S/C18H11N3O4S/c22-14-8-16(23)26-15(14)7-12-9-19-21-5-4-13(20-17(12)21)10-2-1-3-11(6-10)18(24)25/h1-7,9H,8H2,(H,24,25)/b15-7+. The van der Waals surface area contributed by atoms with Crippen LogP contribution in [-0.2, 0) is 9.59 Å². The van der Waals surface area contributed by atoms with Crippen molar-refractivity contribution in [2.24, 2.45) is 0 Å². The molecule has 0 unspecified atom stereocenters. The highest BCUT2D eigenvalue weighted by molar-refractivity contribution is 8.18. The predicted octanol–water partition coefficient (Wildman–Crippen LogP) is 2.67. The van der Waals surface area contributed by atoms with Crippen LogP contribution >= 0.6 is 11.8 Å². The Bertz CT molecular complexity index is 1120. The second-order valence-corrected chi connectivity index (χ2v) is 6.75. The summed E-state index contributed by atoms with van der Waals surface area (Å²) in [6.45, 7) is 0. The molecule has 8 heteroatoms. The molecule has 3 aromatic rings. The highest BCUT2D eigenvalue weighted by Crippen LogP contribution is 2.31. The minimum atomic E-state index is -1.01. The molecule has 128 valence electrons. The number of Topliss-reactive ketones (excluding diaryl/α,β-unsaturated/α-hetero) is 1. The number of aromatic nitrogens is 3. The van der Waals surface area contributed by atoms with Crippen molar-refractivity contribution in [1.29, 1.82) is 0 Å². The van der Waals surface area contributed by atoms with Crippen LogP contribution in [0, 0.1) is 0 Å². The summed E-state index contributed by atoms with van der Waals surface area (Å²) in [4.78, 5) is 39.3. The highest BCUT2D eigenvalue weighted by Gasteiger charge is 2.26. The van der Waals surface area contributed by atoms with Crippen molar-refractivity contribution in [3.05, 3.63) is 58.8 Å². The third kappa shape index (κ3) is 2.91. The van der Waals surface area contributed by atoms with Gasteiger partial charge in [0.2, 0.25) is 5.12 Å². The van der Waals surface area contributed by atoms with E-state index in [2.05, 4.69) is 10.1 Å². The fourth-order valence-electron chi connectivity index (χ4n) is 2.65. The fraction of sp³-hybridized carbons (Fsp3) is 0.0556. The van der Waals surface area contributed by atoms with E-state index in [1.165, 1.54) is 6.07 Å². The summed E-state index contributed by atoms with van der Waals surface area (Å²) in [5, 5.41) is 13.2. The quantitative estimate of drug-likeness (QED) is 0.562. The van der Waals surface area contributed by atoms with E-state index >= 15 is 0 Å². The number of nitrogens with zero attached hydrogens (tertiary/aromatic N) is 3. The smallest absolute Gasteiger partial charge is 0.335 e. The molecule has 1 aliphatic rings. The van der Waals surface area contributed by atoms with Crippen LogP contribution in [0.25, 0.3) is 23.0 Å². The highest BCUT2D eigenvalue weighted by atomic mass is 32.2. The van der Waals surface area contributed by atoms with Gasteiger partial charge in [0, 0.05) is 17.3 Å². The Hall–Kier alpha value is -3.26.